The smallest absolute Gasteiger partial charge is 0.0406 e. The normalized spacial score (nSPS) is 10.6. The molecule has 3 rings (SSSR count). The summed E-state index contributed by atoms with van der Waals surface area (Å²) in [5.41, 5.74) is 6.01. The number of aryl methyl sites for hydroxylation is 1. The van der Waals surface area contributed by atoms with Crippen LogP contribution < -0.4 is 0 Å². The average Bonchev–Trinajstić information content (AvgIpc) is 2.49. The van der Waals surface area contributed by atoms with Gasteiger partial charge in [-0.2, -0.15) is 0 Å². The van der Waals surface area contributed by atoms with E-state index in [9.17, 15) is 0 Å². The summed E-state index contributed by atoms with van der Waals surface area (Å²) in [6, 6.07) is 22.3. The van der Waals surface area contributed by atoms with Gasteiger partial charge < -0.3 is 0 Å². The molecular formula is C19H14Cl2. The van der Waals surface area contributed by atoms with Crippen LogP contribution in [0.3, 0.4) is 0 Å². The minimum Gasteiger partial charge on any atom is -0.0843 e. The Kier molecular flexibility index (Phi) is 4.01. The Hall–Kier alpha value is -1.76. The number of hydrogen-bond donors (Lipinski definition) is 0. The van der Waals surface area contributed by atoms with E-state index in [1.165, 1.54) is 22.3 Å². The Morgan fingerprint density at radius 3 is 1.71 bits per heavy atom. The van der Waals surface area contributed by atoms with Crippen LogP contribution in [-0.2, 0) is 0 Å². The van der Waals surface area contributed by atoms with Crippen molar-refractivity contribution in [3.05, 3.63) is 82.3 Å². The first kappa shape index (κ1) is 14.2. The Morgan fingerprint density at radius 2 is 1.14 bits per heavy atom. The molecule has 0 aromatic heterocycles. The maximum Gasteiger partial charge on any atom is 0.0406 e. The lowest BCUT2D eigenvalue weighted by molar-refractivity contribution is 1.45. The van der Waals surface area contributed by atoms with Crippen LogP contribution in [0.1, 0.15) is 5.56 Å². The van der Waals surface area contributed by atoms with Crippen molar-refractivity contribution >= 4 is 23.2 Å². The van der Waals surface area contributed by atoms with Gasteiger partial charge in [-0.3, -0.25) is 0 Å². The highest BCUT2D eigenvalue weighted by Gasteiger charge is 2.10. The van der Waals surface area contributed by atoms with E-state index in [2.05, 4.69) is 49.4 Å². The lowest BCUT2D eigenvalue weighted by Gasteiger charge is -2.13. The van der Waals surface area contributed by atoms with Crippen molar-refractivity contribution < 1.29 is 0 Å². The van der Waals surface area contributed by atoms with Crippen molar-refractivity contribution in [2.75, 3.05) is 0 Å². The van der Waals surface area contributed by atoms with Gasteiger partial charge in [0.2, 0.25) is 0 Å². The number of benzene rings is 3. The maximum atomic E-state index is 6.00. The Morgan fingerprint density at radius 1 is 0.619 bits per heavy atom. The van der Waals surface area contributed by atoms with Gasteiger partial charge in [-0.05, 0) is 59.0 Å². The van der Waals surface area contributed by atoms with Gasteiger partial charge in [0, 0.05) is 10.0 Å². The molecule has 0 N–H and O–H groups in total. The summed E-state index contributed by atoms with van der Waals surface area (Å²) in [4.78, 5) is 0. The zero-order valence-corrected chi connectivity index (χ0v) is 13.1. The molecule has 104 valence electrons. The summed E-state index contributed by atoms with van der Waals surface area (Å²) in [7, 11) is 0. The van der Waals surface area contributed by atoms with Gasteiger partial charge in [0.25, 0.3) is 0 Å². The predicted molar refractivity (Wildman–Crippen MR) is 92.1 cm³/mol. The first-order valence-electron chi connectivity index (χ1n) is 6.76. The molecule has 0 aliphatic heterocycles. The molecule has 0 saturated carbocycles. The van der Waals surface area contributed by atoms with Crippen molar-refractivity contribution in [1.82, 2.24) is 0 Å². The van der Waals surface area contributed by atoms with E-state index in [1.807, 2.05) is 24.3 Å². The van der Waals surface area contributed by atoms with Crippen molar-refractivity contribution in [1.29, 1.82) is 0 Å². The fourth-order valence-electron chi connectivity index (χ4n) is 2.54. The van der Waals surface area contributed by atoms with Gasteiger partial charge in [0.1, 0.15) is 0 Å². The Labute approximate surface area is 135 Å². The van der Waals surface area contributed by atoms with Crippen LogP contribution in [0.25, 0.3) is 22.3 Å². The number of hydrogen-bond acceptors (Lipinski definition) is 0. The quantitative estimate of drug-likeness (QED) is 0.497. The van der Waals surface area contributed by atoms with E-state index < -0.39 is 0 Å². The van der Waals surface area contributed by atoms with Crippen LogP contribution in [0, 0.1) is 6.92 Å². The Bertz CT molecular complexity index is 757. The molecule has 3 aromatic carbocycles. The SMILES string of the molecule is Cc1cccc(-c2ccc(Cl)cc2)c1-c1ccc(Cl)cc1. The highest BCUT2D eigenvalue weighted by atomic mass is 35.5. The molecule has 0 spiro atoms. The predicted octanol–water partition coefficient (Wildman–Crippen LogP) is 6.64. The van der Waals surface area contributed by atoms with Crippen molar-refractivity contribution in [3.8, 4) is 22.3 Å². The zero-order valence-electron chi connectivity index (χ0n) is 11.6. The van der Waals surface area contributed by atoms with Gasteiger partial charge in [0.15, 0.2) is 0 Å². The molecular weight excluding hydrogens is 299 g/mol. The highest BCUT2D eigenvalue weighted by molar-refractivity contribution is 6.31. The molecule has 0 aliphatic carbocycles. The first-order chi connectivity index (χ1) is 10.1. The standard InChI is InChI=1S/C19H14Cl2/c1-13-3-2-4-18(14-5-9-16(20)10-6-14)19(13)15-7-11-17(21)12-8-15/h2-12H,1H3. The van der Waals surface area contributed by atoms with E-state index in [-0.39, 0.29) is 0 Å². The molecule has 0 nitrogen and oxygen atoms in total. The highest BCUT2D eigenvalue weighted by Crippen LogP contribution is 2.35. The molecule has 0 saturated heterocycles. The lowest BCUT2D eigenvalue weighted by Crippen LogP contribution is -1.89. The van der Waals surface area contributed by atoms with E-state index >= 15 is 0 Å². The molecule has 0 aliphatic rings. The van der Waals surface area contributed by atoms with Crippen molar-refractivity contribution in [2.24, 2.45) is 0 Å². The van der Waals surface area contributed by atoms with Crippen molar-refractivity contribution in [2.45, 2.75) is 6.92 Å². The van der Waals surface area contributed by atoms with Gasteiger partial charge in [-0.15, -0.1) is 0 Å². The first-order valence-corrected chi connectivity index (χ1v) is 7.52. The zero-order chi connectivity index (χ0) is 14.8. The summed E-state index contributed by atoms with van der Waals surface area (Å²) >= 11 is 12.0. The summed E-state index contributed by atoms with van der Waals surface area (Å²) in [6.45, 7) is 2.13. The average molecular weight is 313 g/mol. The fourth-order valence-corrected chi connectivity index (χ4v) is 2.79. The van der Waals surface area contributed by atoms with Crippen LogP contribution in [0.2, 0.25) is 10.0 Å². The van der Waals surface area contributed by atoms with Gasteiger partial charge >= 0.3 is 0 Å². The largest absolute Gasteiger partial charge is 0.0843 e. The molecule has 0 bridgehead atoms. The molecule has 0 fully saturated rings. The van der Waals surface area contributed by atoms with Gasteiger partial charge in [0.05, 0.1) is 0 Å². The van der Waals surface area contributed by atoms with Gasteiger partial charge in [-0.1, -0.05) is 65.7 Å². The maximum absolute atomic E-state index is 6.00. The second-order valence-electron chi connectivity index (χ2n) is 5.01. The fraction of sp³-hybridized carbons (Fsp3) is 0.0526. The van der Waals surface area contributed by atoms with Crippen LogP contribution in [-0.4, -0.2) is 0 Å². The van der Waals surface area contributed by atoms with Crippen LogP contribution in [0.15, 0.2) is 66.7 Å². The minimum absolute atomic E-state index is 0.749. The summed E-state index contributed by atoms with van der Waals surface area (Å²) in [5, 5.41) is 1.50. The molecule has 0 radical (unpaired) electrons. The number of rotatable bonds is 2. The number of halogens is 2. The molecule has 3 aromatic rings. The molecule has 0 heterocycles. The third-order valence-corrected chi connectivity index (χ3v) is 4.06. The third kappa shape index (κ3) is 2.97. The van der Waals surface area contributed by atoms with Gasteiger partial charge in [-0.25, -0.2) is 0 Å². The molecule has 0 amide bonds. The molecule has 21 heavy (non-hydrogen) atoms. The topological polar surface area (TPSA) is 0 Å². The summed E-state index contributed by atoms with van der Waals surface area (Å²) < 4.78 is 0. The van der Waals surface area contributed by atoms with E-state index in [0.717, 1.165) is 15.6 Å². The molecule has 0 unspecified atom stereocenters. The molecule has 0 atom stereocenters. The second-order valence-corrected chi connectivity index (χ2v) is 5.88. The second kappa shape index (κ2) is 5.93. The van der Waals surface area contributed by atoms with E-state index in [1.54, 1.807) is 0 Å². The summed E-state index contributed by atoms with van der Waals surface area (Å²) in [5.74, 6) is 0. The lowest BCUT2D eigenvalue weighted by atomic mass is 9.91. The summed E-state index contributed by atoms with van der Waals surface area (Å²) in [6.07, 6.45) is 0. The van der Waals surface area contributed by atoms with Crippen molar-refractivity contribution in [3.63, 3.8) is 0 Å². The van der Waals surface area contributed by atoms with E-state index in [0.29, 0.717) is 0 Å². The van der Waals surface area contributed by atoms with E-state index in [4.69, 9.17) is 23.2 Å². The van der Waals surface area contributed by atoms with Crippen LogP contribution in [0.5, 0.6) is 0 Å². The Balaban J connectivity index is 2.20. The third-order valence-electron chi connectivity index (χ3n) is 3.56. The van der Waals surface area contributed by atoms with Crippen LogP contribution in [0.4, 0.5) is 0 Å². The monoisotopic (exact) mass is 312 g/mol. The minimum atomic E-state index is 0.749. The van der Waals surface area contributed by atoms with Crippen LogP contribution >= 0.6 is 23.2 Å². The molecule has 2 heteroatoms.